The molecule has 10 heteroatoms. The Balaban J connectivity index is 2.02. The predicted octanol–water partition coefficient (Wildman–Crippen LogP) is 1.07. The zero-order chi connectivity index (χ0) is 15.6. The van der Waals surface area contributed by atoms with Gasteiger partial charge in [-0.3, -0.25) is 10.1 Å². The quantitative estimate of drug-likeness (QED) is 0.544. The van der Waals surface area contributed by atoms with Crippen molar-refractivity contribution in [2.45, 2.75) is 23.1 Å². The van der Waals surface area contributed by atoms with Crippen LogP contribution >= 0.6 is 11.3 Å². The fourth-order valence-electron chi connectivity index (χ4n) is 1.93. The summed E-state index contributed by atoms with van der Waals surface area (Å²) in [6.45, 7) is 0.909. The number of nitro groups is 1. The minimum Gasteiger partial charge on any atom is -0.374 e. The number of hydrogen-bond acceptors (Lipinski definition) is 7. The number of nitrogens with one attached hydrogen (secondary N) is 2. The lowest BCUT2D eigenvalue weighted by Crippen LogP contribution is -2.33. The molecule has 8 nitrogen and oxygen atoms in total. The summed E-state index contributed by atoms with van der Waals surface area (Å²) in [7, 11) is -0.229. The first kappa shape index (κ1) is 16.1. The van der Waals surface area contributed by atoms with E-state index in [2.05, 4.69) is 14.9 Å². The lowest BCUT2D eigenvalue weighted by atomic mass is 10.5. The molecular formula is C11H18N4O4S2. The molecule has 0 saturated heterocycles. The summed E-state index contributed by atoms with van der Waals surface area (Å²) in [4.78, 5) is 12.4. The van der Waals surface area contributed by atoms with Crippen molar-refractivity contribution in [3.05, 3.63) is 16.2 Å². The highest BCUT2D eigenvalue weighted by Gasteiger charge is 2.27. The first-order valence-corrected chi connectivity index (χ1v) is 8.81. The Hall–Kier alpha value is -1.23. The third-order valence-electron chi connectivity index (χ3n) is 3.31. The van der Waals surface area contributed by atoms with Crippen molar-refractivity contribution in [3.63, 3.8) is 0 Å². The number of sulfonamides is 1. The van der Waals surface area contributed by atoms with E-state index in [-0.39, 0.29) is 21.4 Å². The highest BCUT2D eigenvalue weighted by Crippen LogP contribution is 2.36. The number of hydrogen-bond donors (Lipinski definition) is 2. The normalized spacial score (nSPS) is 15.4. The molecular weight excluding hydrogens is 316 g/mol. The van der Waals surface area contributed by atoms with E-state index in [9.17, 15) is 18.5 Å². The summed E-state index contributed by atoms with van der Waals surface area (Å²) in [5, 5.41) is 13.7. The van der Waals surface area contributed by atoms with Crippen molar-refractivity contribution in [3.8, 4) is 0 Å². The molecule has 0 spiro atoms. The van der Waals surface area contributed by atoms with E-state index in [0.717, 1.165) is 30.2 Å². The number of thiophene rings is 1. The summed E-state index contributed by atoms with van der Waals surface area (Å²) in [6, 6.07) is 1.65. The van der Waals surface area contributed by atoms with E-state index < -0.39 is 14.9 Å². The molecule has 0 unspecified atom stereocenters. The topological polar surface area (TPSA) is 105 Å². The maximum absolute atomic E-state index is 12.1. The minimum atomic E-state index is -3.71. The Morgan fingerprint density at radius 2 is 2.19 bits per heavy atom. The van der Waals surface area contributed by atoms with Crippen molar-refractivity contribution in [1.82, 2.24) is 9.62 Å². The molecule has 21 heavy (non-hydrogen) atoms. The fraction of sp³-hybridized carbons (Fsp3) is 0.636. The number of nitrogens with zero attached hydrogens (tertiary/aromatic N) is 2. The Morgan fingerprint density at radius 1 is 1.52 bits per heavy atom. The van der Waals surface area contributed by atoms with Crippen molar-refractivity contribution in [2.24, 2.45) is 0 Å². The van der Waals surface area contributed by atoms with Gasteiger partial charge in [0.05, 0.1) is 4.92 Å². The lowest BCUT2D eigenvalue weighted by molar-refractivity contribution is -0.383. The van der Waals surface area contributed by atoms with Gasteiger partial charge in [-0.25, -0.2) is 13.1 Å². The van der Waals surface area contributed by atoms with Crippen LogP contribution in [0.5, 0.6) is 0 Å². The Morgan fingerprint density at radius 3 is 2.67 bits per heavy atom. The summed E-state index contributed by atoms with van der Waals surface area (Å²) >= 11 is 0.855. The molecule has 0 amide bonds. The molecule has 1 fully saturated rings. The van der Waals surface area contributed by atoms with Gasteiger partial charge >= 0.3 is 5.69 Å². The molecule has 0 atom stereocenters. The maximum atomic E-state index is 12.1. The maximum Gasteiger partial charge on any atom is 0.304 e. The second-order valence-electron chi connectivity index (χ2n) is 4.90. The molecule has 118 valence electrons. The van der Waals surface area contributed by atoms with Crippen LogP contribution in [0.2, 0.25) is 0 Å². The highest BCUT2D eigenvalue weighted by atomic mass is 32.2. The van der Waals surface area contributed by atoms with Gasteiger partial charge in [-0.05, 0) is 19.9 Å². The molecule has 1 saturated carbocycles. The van der Waals surface area contributed by atoms with Crippen LogP contribution in [0.25, 0.3) is 0 Å². The van der Waals surface area contributed by atoms with E-state index in [0.29, 0.717) is 12.6 Å². The SMILES string of the molecule is CNc1sc(S(=O)(=O)NCCN(C)C2CC2)cc1[N+](=O)[O-]. The minimum absolute atomic E-state index is 0.0485. The molecule has 2 N–H and O–H groups in total. The van der Waals surface area contributed by atoms with Crippen LogP contribution in [-0.2, 0) is 10.0 Å². The second-order valence-corrected chi connectivity index (χ2v) is 7.94. The van der Waals surface area contributed by atoms with Crippen LogP contribution in [0.15, 0.2) is 10.3 Å². The van der Waals surface area contributed by atoms with Gasteiger partial charge in [-0.2, -0.15) is 0 Å². The first-order chi connectivity index (χ1) is 9.85. The van der Waals surface area contributed by atoms with Crippen LogP contribution in [0.1, 0.15) is 12.8 Å². The van der Waals surface area contributed by atoms with E-state index in [1.807, 2.05) is 7.05 Å². The average molecular weight is 334 g/mol. The monoisotopic (exact) mass is 334 g/mol. The molecule has 0 bridgehead atoms. The Labute approximate surface area is 127 Å². The summed E-state index contributed by atoms with van der Waals surface area (Å²) < 4.78 is 26.7. The van der Waals surface area contributed by atoms with Gasteiger partial charge in [0.2, 0.25) is 10.0 Å². The van der Waals surface area contributed by atoms with Gasteiger partial charge in [-0.1, -0.05) is 11.3 Å². The van der Waals surface area contributed by atoms with Gasteiger partial charge in [0.15, 0.2) is 5.00 Å². The van der Waals surface area contributed by atoms with Gasteiger partial charge in [0, 0.05) is 32.2 Å². The standard InChI is InChI=1S/C11H18N4O4S2/c1-12-11-9(15(16)17)7-10(20-11)21(18,19)13-5-6-14(2)8-3-4-8/h7-8,12-13H,3-6H2,1-2H3. The smallest absolute Gasteiger partial charge is 0.304 e. The van der Waals surface area contributed by atoms with Gasteiger partial charge in [0.1, 0.15) is 4.21 Å². The number of anilines is 1. The third-order valence-corrected chi connectivity index (χ3v) is 6.38. The predicted molar refractivity (Wildman–Crippen MR) is 81.4 cm³/mol. The molecule has 1 aliphatic carbocycles. The molecule has 1 aromatic heterocycles. The highest BCUT2D eigenvalue weighted by molar-refractivity contribution is 7.91. The van der Waals surface area contributed by atoms with Crippen LogP contribution in [-0.4, -0.2) is 51.5 Å². The molecule has 0 aliphatic heterocycles. The Bertz CT molecular complexity index is 624. The molecule has 0 aromatic carbocycles. The van der Waals surface area contributed by atoms with Crippen LogP contribution in [0, 0.1) is 10.1 Å². The molecule has 1 aromatic rings. The van der Waals surface area contributed by atoms with Crippen LogP contribution < -0.4 is 10.0 Å². The fourth-order valence-corrected chi connectivity index (χ4v) is 4.28. The molecule has 0 radical (unpaired) electrons. The van der Waals surface area contributed by atoms with E-state index in [1.165, 1.54) is 7.05 Å². The summed E-state index contributed by atoms with van der Waals surface area (Å²) in [5.74, 6) is 0. The van der Waals surface area contributed by atoms with Crippen molar-refractivity contribution in [1.29, 1.82) is 0 Å². The zero-order valence-electron chi connectivity index (χ0n) is 11.8. The molecule has 1 heterocycles. The summed E-state index contributed by atoms with van der Waals surface area (Å²) in [5.41, 5.74) is -0.224. The van der Waals surface area contributed by atoms with Gasteiger partial charge in [0.25, 0.3) is 0 Å². The Kier molecular flexibility index (Phi) is 4.81. The molecule has 2 rings (SSSR count). The van der Waals surface area contributed by atoms with E-state index in [1.54, 1.807) is 0 Å². The summed E-state index contributed by atoms with van der Waals surface area (Å²) in [6.07, 6.45) is 2.32. The lowest BCUT2D eigenvalue weighted by Gasteiger charge is -2.15. The molecule has 1 aliphatic rings. The average Bonchev–Trinajstić information content (AvgIpc) is 3.16. The third kappa shape index (κ3) is 3.90. The van der Waals surface area contributed by atoms with E-state index >= 15 is 0 Å². The van der Waals surface area contributed by atoms with Crippen molar-refractivity contribution in [2.75, 3.05) is 32.5 Å². The van der Waals surface area contributed by atoms with Crippen molar-refractivity contribution >= 4 is 32.0 Å². The first-order valence-electron chi connectivity index (χ1n) is 6.51. The van der Waals surface area contributed by atoms with Crippen LogP contribution in [0.3, 0.4) is 0 Å². The van der Waals surface area contributed by atoms with Crippen molar-refractivity contribution < 1.29 is 13.3 Å². The number of rotatable bonds is 8. The van der Waals surface area contributed by atoms with Gasteiger partial charge in [-0.15, -0.1) is 0 Å². The van der Waals surface area contributed by atoms with E-state index in [4.69, 9.17) is 0 Å². The largest absolute Gasteiger partial charge is 0.374 e. The van der Waals surface area contributed by atoms with Crippen LogP contribution in [0.4, 0.5) is 10.7 Å². The zero-order valence-corrected chi connectivity index (χ0v) is 13.5. The van der Waals surface area contributed by atoms with Gasteiger partial charge < -0.3 is 10.2 Å². The number of likely N-dealkylation sites (N-methyl/N-ethyl adjacent to an activating group) is 1. The second kappa shape index (κ2) is 6.26.